The molecule has 124 valence electrons. The first-order valence-electron chi connectivity index (χ1n) is 7.32. The van der Waals surface area contributed by atoms with E-state index in [1.165, 1.54) is 30.5 Å². The summed E-state index contributed by atoms with van der Waals surface area (Å²) in [4.78, 5) is 11.8. The van der Waals surface area contributed by atoms with Gasteiger partial charge in [0, 0.05) is 0 Å². The standard InChI is InChI=1S/C16H19NO5S/c1-2-3-10-22-16(18)13-6-8-15(9-7-13)23(19,20)17-12-14-5-4-11-21-14/h4-9,11,17H,2-3,10,12H2,1H3. The first-order valence-corrected chi connectivity index (χ1v) is 8.80. The van der Waals surface area contributed by atoms with Crippen LogP contribution >= 0.6 is 0 Å². The molecule has 0 radical (unpaired) electrons. The van der Waals surface area contributed by atoms with Crippen LogP contribution in [0.5, 0.6) is 0 Å². The molecule has 7 heteroatoms. The minimum atomic E-state index is -3.66. The minimum Gasteiger partial charge on any atom is -0.468 e. The minimum absolute atomic E-state index is 0.0656. The fraction of sp³-hybridized carbons (Fsp3) is 0.312. The lowest BCUT2D eigenvalue weighted by molar-refractivity contribution is 0.0499. The zero-order chi connectivity index (χ0) is 16.7. The largest absolute Gasteiger partial charge is 0.468 e. The quantitative estimate of drug-likeness (QED) is 0.591. The van der Waals surface area contributed by atoms with Gasteiger partial charge in [0.2, 0.25) is 10.0 Å². The number of carbonyl (C=O) groups excluding carboxylic acids is 1. The lowest BCUT2D eigenvalue weighted by atomic mass is 10.2. The highest BCUT2D eigenvalue weighted by Crippen LogP contribution is 2.12. The average Bonchev–Trinajstić information content (AvgIpc) is 3.07. The maximum absolute atomic E-state index is 12.2. The maximum Gasteiger partial charge on any atom is 0.338 e. The van der Waals surface area contributed by atoms with Crippen LogP contribution < -0.4 is 4.72 Å². The van der Waals surface area contributed by atoms with Crippen LogP contribution in [-0.4, -0.2) is 21.0 Å². The molecular weight excluding hydrogens is 318 g/mol. The Morgan fingerprint density at radius 1 is 1.22 bits per heavy atom. The average molecular weight is 337 g/mol. The van der Waals surface area contributed by atoms with Crippen molar-refractivity contribution in [3.05, 3.63) is 54.0 Å². The van der Waals surface area contributed by atoms with E-state index in [1.807, 2.05) is 6.92 Å². The number of unbranched alkanes of at least 4 members (excludes halogenated alkanes) is 1. The summed E-state index contributed by atoms with van der Waals surface area (Å²) >= 11 is 0. The predicted octanol–water partition coefficient (Wildman–Crippen LogP) is 2.72. The van der Waals surface area contributed by atoms with Crippen molar-refractivity contribution in [3.63, 3.8) is 0 Å². The summed E-state index contributed by atoms with van der Waals surface area (Å²) in [6.07, 6.45) is 3.21. The van der Waals surface area contributed by atoms with Gasteiger partial charge >= 0.3 is 5.97 Å². The summed E-state index contributed by atoms with van der Waals surface area (Å²) in [5, 5.41) is 0. The summed E-state index contributed by atoms with van der Waals surface area (Å²) < 4.78 is 36.9. The van der Waals surface area contributed by atoms with Crippen molar-refractivity contribution in [2.45, 2.75) is 31.2 Å². The number of hydrogen-bond donors (Lipinski definition) is 1. The van der Waals surface area contributed by atoms with Crippen LogP contribution in [0.15, 0.2) is 52.0 Å². The van der Waals surface area contributed by atoms with E-state index in [-0.39, 0.29) is 11.4 Å². The zero-order valence-electron chi connectivity index (χ0n) is 12.8. The Kier molecular flexibility index (Phi) is 5.95. The van der Waals surface area contributed by atoms with Crippen LogP contribution in [0.3, 0.4) is 0 Å². The molecule has 1 N–H and O–H groups in total. The number of carbonyl (C=O) groups is 1. The van der Waals surface area contributed by atoms with Gasteiger partial charge in [0.25, 0.3) is 0 Å². The van der Waals surface area contributed by atoms with Gasteiger partial charge in [0.05, 0.1) is 29.9 Å². The molecule has 0 spiro atoms. The molecule has 23 heavy (non-hydrogen) atoms. The number of ether oxygens (including phenoxy) is 1. The van der Waals surface area contributed by atoms with Crippen molar-refractivity contribution in [1.29, 1.82) is 0 Å². The second-order valence-corrected chi connectivity index (χ2v) is 6.68. The molecule has 2 aromatic rings. The number of furan rings is 1. The van der Waals surface area contributed by atoms with Crippen molar-refractivity contribution in [2.75, 3.05) is 6.61 Å². The Balaban J connectivity index is 1.98. The number of rotatable bonds is 8. The van der Waals surface area contributed by atoms with Gasteiger partial charge in [-0.3, -0.25) is 0 Å². The third-order valence-corrected chi connectivity index (χ3v) is 4.57. The van der Waals surface area contributed by atoms with Crippen molar-refractivity contribution >= 4 is 16.0 Å². The molecule has 0 fully saturated rings. The molecule has 1 aromatic heterocycles. The Labute approximate surface area is 135 Å². The van der Waals surface area contributed by atoms with Crippen molar-refractivity contribution < 1.29 is 22.4 Å². The topological polar surface area (TPSA) is 85.6 Å². The summed E-state index contributed by atoms with van der Waals surface area (Å²) in [7, 11) is -3.66. The molecule has 0 saturated carbocycles. The van der Waals surface area contributed by atoms with Gasteiger partial charge in [-0.05, 0) is 42.8 Å². The van der Waals surface area contributed by atoms with Gasteiger partial charge in [0.1, 0.15) is 5.76 Å². The van der Waals surface area contributed by atoms with Crippen LogP contribution in [0.25, 0.3) is 0 Å². The van der Waals surface area contributed by atoms with Crippen LogP contribution in [0.1, 0.15) is 35.9 Å². The first-order chi connectivity index (χ1) is 11.0. The Bertz CT molecular complexity index is 720. The normalized spacial score (nSPS) is 11.3. The van der Waals surface area contributed by atoms with Gasteiger partial charge in [-0.25, -0.2) is 17.9 Å². The van der Waals surface area contributed by atoms with Crippen LogP contribution in [-0.2, 0) is 21.3 Å². The summed E-state index contributed by atoms with van der Waals surface area (Å²) in [6, 6.07) is 8.99. The van der Waals surface area contributed by atoms with E-state index in [0.29, 0.717) is 17.9 Å². The fourth-order valence-corrected chi connectivity index (χ4v) is 2.82. The number of benzene rings is 1. The lowest BCUT2D eigenvalue weighted by Gasteiger charge is -2.07. The fourth-order valence-electron chi connectivity index (χ4n) is 1.83. The monoisotopic (exact) mass is 337 g/mol. The molecular formula is C16H19NO5S. The number of esters is 1. The van der Waals surface area contributed by atoms with E-state index in [9.17, 15) is 13.2 Å². The summed E-state index contributed by atoms with van der Waals surface area (Å²) in [5.74, 6) is 0.0654. The summed E-state index contributed by atoms with van der Waals surface area (Å²) in [6.45, 7) is 2.43. The Hall–Kier alpha value is -2.12. The highest BCUT2D eigenvalue weighted by atomic mass is 32.2. The Morgan fingerprint density at radius 2 is 1.96 bits per heavy atom. The second-order valence-electron chi connectivity index (χ2n) is 4.92. The lowest BCUT2D eigenvalue weighted by Crippen LogP contribution is -2.23. The molecule has 0 aliphatic carbocycles. The van der Waals surface area contributed by atoms with E-state index in [4.69, 9.17) is 9.15 Å². The van der Waals surface area contributed by atoms with Gasteiger partial charge < -0.3 is 9.15 Å². The predicted molar refractivity (Wildman–Crippen MR) is 84.4 cm³/mol. The molecule has 0 bridgehead atoms. The molecule has 0 aliphatic heterocycles. The molecule has 0 amide bonds. The molecule has 0 unspecified atom stereocenters. The number of nitrogens with one attached hydrogen (secondary N) is 1. The first kappa shape index (κ1) is 17.2. The SMILES string of the molecule is CCCCOC(=O)c1ccc(S(=O)(=O)NCc2ccco2)cc1. The van der Waals surface area contributed by atoms with Gasteiger partial charge in [-0.2, -0.15) is 0 Å². The molecule has 1 aromatic carbocycles. The number of sulfonamides is 1. The highest BCUT2D eigenvalue weighted by molar-refractivity contribution is 7.89. The molecule has 0 aliphatic rings. The van der Waals surface area contributed by atoms with E-state index in [0.717, 1.165) is 12.8 Å². The highest BCUT2D eigenvalue weighted by Gasteiger charge is 2.15. The van der Waals surface area contributed by atoms with Crippen molar-refractivity contribution in [3.8, 4) is 0 Å². The molecule has 0 saturated heterocycles. The molecule has 6 nitrogen and oxygen atoms in total. The van der Waals surface area contributed by atoms with Crippen LogP contribution in [0.2, 0.25) is 0 Å². The third-order valence-electron chi connectivity index (χ3n) is 3.15. The smallest absolute Gasteiger partial charge is 0.338 e. The van der Waals surface area contributed by atoms with Crippen molar-refractivity contribution in [2.24, 2.45) is 0 Å². The second kappa shape index (κ2) is 7.94. The van der Waals surface area contributed by atoms with E-state index in [1.54, 1.807) is 12.1 Å². The molecule has 2 rings (SSSR count). The number of hydrogen-bond acceptors (Lipinski definition) is 5. The van der Waals surface area contributed by atoms with Gasteiger partial charge in [-0.15, -0.1) is 0 Å². The van der Waals surface area contributed by atoms with Crippen molar-refractivity contribution in [1.82, 2.24) is 4.72 Å². The van der Waals surface area contributed by atoms with Gasteiger partial charge in [0.15, 0.2) is 0 Å². The molecule has 0 atom stereocenters. The maximum atomic E-state index is 12.2. The van der Waals surface area contributed by atoms with E-state index < -0.39 is 16.0 Å². The zero-order valence-corrected chi connectivity index (χ0v) is 13.6. The summed E-state index contributed by atoms with van der Waals surface area (Å²) in [5.41, 5.74) is 0.325. The van der Waals surface area contributed by atoms with Crippen LogP contribution in [0, 0.1) is 0 Å². The van der Waals surface area contributed by atoms with E-state index in [2.05, 4.69) is 4.72 Å². The Morgan fingerprint density at radius 3 is 2.57 bits per heavy atom. The van der Waals surface area contributed by atoms with Crippen LogP contribution in [0.4, 0.5) is 0 Å². The molecule has 1 heterocycles. The third kappa shape index (κ3) is 4.94. The van der Waals surface area contributed by atoms with E-state index >= 15 is 0 Å². The van der Waals surface area contributed by atoms with Gasteiger partial charge in [-0.1, -0.05) is 13.3 Å².